The van der Waals surface area contributed by atoms with Gasteiger partial charge in [0, 0.05) is 12.6 Å². The number of carbonyl (C=O) groups excluding carboxylic acids is 1. The summed E-state index contributed by atoms with van der Waals surface area (Å²) in [4.78, 5) is 12.3. The van der Waals surface area contributed by atoms with Gasteiger partial charge in [-0.2, -0.15) is 0 Å². The first-order chi connectivity index (χ1) is 12.4. The lowest BCUT2D eigenvalue weighted by atomic mass is 9.86. The van der Waals surface area contributed by atoms with Gasteiger partial charge in [-0.3, -0.25) is 9.10 Å². The van der Waals surface area contributed by atoms with Gasteiger partial charge in [-0.05, 0) is 43.4 Å². The van der Waals surface area contributed by atoms with Gasteiger partial charge in [0.2, 0.25) is 15.9 Å². The molecular weight excluding hydrogens is 374 g/mol. The van der Waals surface area contributed by atoms with Crippen molar-refractivity contribution in [2.75, 3.05) is 28.5 Å². The highest BCUT2D eigenvalue weighted by molar-refractivity contribution is 7.93. The summed E-state index contributed by atoms with van der Waals surface area (Å²) < 4.78 is 25.6. The minimum atomic E-state index is -3.24. The Balaban J connectivity index is 1.62. The van der Waals surface area contributed by atoms with Crippen LogP contribution in [0.2, 0.25) is 5.02 Å². The van der Waals surface area contributed by atoms with Crippen LogP contribution in [0, 0.1) is 5.92 Å². The van der Waals surface area contributed by atoms with Crippen molar-refractivity contribution in [1.29, 1.82) is 0 Å². The summed E-state index contributed by atoms with van der Waals surface area (Å²) in [6, 6.07) is 5.28. The van der Waals surface area contributed by atoms with Gasteiger partial charge < -0.3 is 10.6 Å². The predicted octanol–water partition coefficient (Wildman–Crippen LogP) is 2.99. The number of carbonyl (C=O) groups is 1. The second-order valence-electron chi connectivity index (χ2n) is 7.20. The number of nitrogens with zero attached hydrogens (tertiary/aromatic N) is 1. The van der Waals surface area contributed by atoms with Crippen LogP contribution in [-0.4, -0.2) is 39.2 Å². The first-order valence-corrected chi connectivity index (χ1v) is 11.2. The van der Waals surface area contributed by atoms with E-state index in [0.29, 0.717) is 35.3 Å². The van der Waals surface area contributed by atoms with Crippen LogP contribution in [0.1, 0.15) is 39.0 Å². The van der Waals surface area contributed by atoms with Gasteiger partial charge in [-0.1, -0.05) is 31.4 Å². The number of benzene rings is 1. The molecular formula is C18H26ClN3O3S. The van der Waals surface area contributed by atoms with Gasteiger partial charge in [0.25, 0.3) is 0 Å². The molecule has 8 heteroatoms. The van der Waals surface area contributed by atoms with E-state index in [2.05, 4.69) is 17.6 Å². The van der Waals surface area contributed by atoms with Crippen molar-refractivity contribution in [3.8, 4) is 0 Å². The van der Waals surface area contributed by atoms with E-state index in [1.54, 1.807) is 18.2 Å². The first-order valence-electron chi connectivity index (χ1n) is 9.20. The number of halogens is 1. The van der Waals surface area contributed by atoms with Crippen molar-refractivity contribution in [3.63, 3.8) is 0 Å². The molecule has 1 aliphatic heterocycles. The standard InChI is InChI=1S/C18H26ClN3O3S/c1-13-5-2-3-6-16(13)21-18(23)12-20-17-11-14(7-8-15(17)19)22-9-4-10-26(22,24)25/h7-8,11,13,16,20H,2-6,9-10,12H2,1H3,(H,21,23)/t13-,16-/m1/s1. The number of nitrogens with one attached hydrogen (secondary N) is 2. The van der Waals surface area contributed by atoms with Crippen LogP contribution >= 0.6 is 11.6 Å². The molecule has 6 nitrogen and oxygen atoms in total. The molecule has 0 bridgehead atoms. The van der Waals surface area contributed by atoms with Crippen molar-refractivity contribution < 1.29 is 13.2 Å². The Labute approximate surface area is 160 Å². The second kappa shape index (κ2) is 8.05. The molecule has 1 heterocycles. The monoisotopic (exact) mass is 399 g/mol. The molecule has 0 spiro atoms. The fraction of sp³-hybridized carbons (Fsp3) is 0.611. The highest BCUT2D eigenvalue weighted by Gasteiger charge is 2.29. The first kappa shape index (κ1) is 19.3. The van der Waals surface area contributed by atoms with Crippen molar-refractivity contribution in [2.24, 2.45) is 5.92 Å². The molecule has 2 N–H and O–H groups in total. The number of rotatable bonds is 5. The van der Waals surface area contributed by atoms with Gasteiger partial charge in [-0.15, -0.1) is 0 Å². The van der Waals surface area contributed by atoms with E-state index in [9.17, 15) is 13.2 Å². The maximum absolute atomic E-state index is 12.3. The molecule has 0 radical (unpaired) electrons. The third-order valence-electron chi connectivity index (χ3n) is 5.23. The van der Waals surface area contributed by atoms with E-state index >= 15 is 0 Å². The molecule has 0 unspecified atom stereocenters. The molecule has 1 aliphatic carbocycles. The number of hydrogen-bond acceptors (Lipinski definition) is 4. The largest absolute Gasteiger partial charge is 0.375 e. The van der Waals surface area contributed by atoms with E-state index in [4.69, 9.17) is 11.6 Å². The highest BCUT2D eigenvalue weighted by atomic mass is 35.5. The minimum Gasteiger partial charge on any atom is -0.375 e. The summed E-state index contributed by atoms with van der Waals surface area (Å²) in [5.41, 5.74) is 1.15. The zero-order chi connectivity index (χ0) is 18.7. The van der Waals surface area contributed by atoms with Crippen LogP contribution in [0.4, 0.5) is 11.4 Å². The van der Waals surface area contributed by atoms with Crippen molar-refractivity contribution in [2.45, 2.75) is 45.1 Å². The summed E-state index contributed by atoms with van der Waals surface area (Å²) >= 11 is 6.21. The van der Waals surface area contributed by atoms with E-state index in [-0.39, 0.29) is 24.2 Å². The van der Waals surface area contributed by atoms with Gasteiger partial charge in [0.05, 0.1) is 28.7 Å². The quantitative estimate of drug-likeness (QED) is 0.797. The van der Waals surface area contributed by atoms with E-state index < -0.39 is 10.0 Å². The fourth-order valence-corrected chi connectivity index (χ4v) is 5.44. The molecule has 2 fully saturated rings. The topological polar surface area (TPSA) is 78.5 Å². The lowest BCUT2D eigenvalue weighted by molar-refractivity contribution is -0.120. The Hall–Kier alpha value is -1.47. The molecule has 2 aliphatic rings. The average Bonchev–Trinajstić information content (AvgIpc) is 2.95. The minimum absolute atomic E-state index is 0.0704. The maximum atomic E-state index is 12.3. The number of hydrogen-bond donors (Lipinski definition) is 2. The Bertz CT molecular complexity index is 769. The Morgan fingerprint density at radius 1 is 1.27 bits per heavy atom. The molecule has 144 valence electrons. The van der Waals surface area contributed by atoms with Crippen molar-refractivity contribution >= 4 is 38.9 Å². The third-order valence-corrected chi connectivity index (χ3v) is 7.43. The molecule has 2 atom stereocenters. The van der Waals surface area contributed by atoms with E-state index in [0.717, 1.165) is 19.3 Å². The Morgan fingerprint density at radius 2 is 2.04 bits per heavy atom. The van der Waals surface area contributed by atoms with Gasteiger partial charge in [-0.25, -0.2) is 8.42 Å². The molecule has 1 saturated heterocycles. The van der Waals surface area contributed by atoms with Crippen LogP contribution in [0.3, 0.4) is 0 Å². The van der Waals surface area contributed by atoms with E-state index in [1.807, 2.05) is 0 Å². The normalized spacial score (nSPS) is 25.1. The summed E-state index contributed by atoms with van der Waals surface area (Å²) in [5, 5.41) is 6.60. The van der Waals surface area contributed by atoms with Gasteiger partial charge in [0.1, 0.15) is 0 Å². The van der Waals surface area contributed by atoms with Crippen LogP contribution in [0.25, 0.3) is 0 Å². The Kier molecular flexibility index (Phi) is 5.97. The predicted molar refractivity (Wildman–Crippen MR) is 105 cm³/mol. The molecule has 1 saturated carbocycles. The smallest absolute Gasteiger partial charge is 0.239 e. The maximum Gasteiger partial charge on any atom is 0.239 e. The lowest BCUT2D eigenvalue weighted by Crippen LogP contribution is -2.43. The molecule has 0 aromatic heterocycles. The summed E-state index contributed by atoms with van der Waals surface area (Å²) in [6.07, 6.45) is 5.18. The highest BCUT2D eigenvalue weighted by Crippen LogP contribution is 2.31. The van der Waals surface area contributed by atoms with Crippen molar-refractivity contribution in [3.05, 3.63) is 23.2 Å². The second-order valence-corrected chi connectivity index (χ2v) is 9.62. The number of amides is 1. The zero-order valence-corrected chi connectivity index (χ0v) is 16.6. The third kappa shape index (κ3) is 4.43. The number of sulfonamides is 1. The SMILES string of the molecule is C[C@@H]1CCCC[C@H]1NC(=O)CNc1cc(N2CCCS2(=O)=O)ccc1Cl. The molecule has 1 aromatic rings. The van der Waals surface area contributed by atoms with Gasteiger partial charge in [0.15, 0.2) is 0 Å². The van der Waals surface area contributed by atoms with Crippen LogP contribution in [0.5, 0.6) is 0 Å². The molecule has 1 amide bonds. The molecule has 3 rings (SSSR count). The molecule has 1 aromatic carbocycles. The average molecular weight is 400 g/mol. The van der Waals surface area contributed by atoms with Crippen LogP contribution < -0.4 is 14.9 Å². The summed E-state index contributed by atoms with van der Waals surface area (Å²) in [5.74, 6) is 0.597. The van der Waals surface area contributed by atoms with Gasteiger partial charge >= 0.3 is 0 Å². The Morgan fingerprint density at radius 3 is 2.73 bits per heavy atom. The lowest BCUT2D eigenvalue weighted by Gasteiger charge is -2.29. The molecule has 26 heavy (non-hydrogen) atoms. The zero-order valence-electron chi connectivity index (χ0n) is 15.0. The van der Waals surface area contributed by atoms with Crippen molar-refractivity contribution in [1.82, 2.24) is 5.32 Å². The van der Waals surface area contributed by atoms with Crippen LogP contribution in [0.15, 0.2) is 18.2 Å². The van der Waals surface area contributed by atoms with E-state index in [1.165, 1.54) is 10.7 Å². The number of anilines is 2. The summed E-state index contributed by atoms with van der Waals surface area (Å²) in [6.45, 7) is 2.76. The summed E-state index contributed by atoms with van der Waals surface area (Å²) in [7, 11) is -3.24. The fourth-order valence-electron chi connectivity index (χ4n) is 3.70. The van der Waals surface area contributed by atoms with Crippen LogP contribution in [-0.2, 0) is 14.8 Å².